The van der Waals surface area contributed by atoms with Crippen LogP contribution in [0, 0.1) is 5.92 Å². The number of amides is 2. The Morgan fingerprint density at radius 2 is 1.97 bits per heavy atom. The maximum atomic E-state index is 12.5. The number of aromatic amines is 1. The van der Waals surface area contributed by atoms with E-state index in [1.54, 1.807) is 25.2 Å². The molecule has 0 saturated heterocycles. The number of nitrogens with one attached hydrogen (secondary N) is 3. The molecular weight excluding hydrogens is 437 g/mol. The van der Waals surface area contributed by atoms with Gasteiger partial charge >= 0.3 is 6.18 Å². The second-order valence-electron chi connectivity index (χ2n) is 8.35. The number of halogens is 3. The lowest BCUT2D eigenvalue weighted by Gasteiger charge is -2.21. The normalized spacial score (nSPS) is 12.8. The van der Waals surface area contributed by atoms with Crippen molar-refractivity contribution in [1.82, 2.24) is 30.4 Å². The highest BCUT2D eigenvalue weighted by Crippen LogP contribution is 2.26. The van der Waals surface area contributed by atoms with E-state index in [1.807, 2.05) is 19.9 Å². The van der Waals surface area contributed by atoms with Gasteiger partial charge < -0.3 is 15.6 Å². The van der Waals surface area contributed by atoms with E-state index in [9.17, 15) is 22.8 Å². The number of carbonyl (C=O) groups excluding carboxylic acids is 2. The minimum Gasteiger partial charge on any atom is -0.349 e. The van der Waals surface area contributed by atoms with Crippen molar-refractivity contribution >= 4 is 22.8 Å². The molecule has 1 atom stereocenters. The molecule has 2 aromatic heterocycles. The molecule has 0 bridgehead atoms. The predicted octanol–water partition coefficient (Wildman–Crippen LogP) is 3.77. The first kappa shape index (κ1) is 24.3. The molecule has 0 spiro atoms. The Morgan fingerprint density at radius 3 is 2.61 bits per heavy atom. The zero-order valence-electron chi connectivity index (χ0n) is 18.7. The first-order valence-electron chi connectivity index (χ1n) is 10.6. The van der Waals surface area contributed by atoms with Gasteiger partial charge in [0, 0.05) is 19.7 Å². The maximum Gasteiger partial charge on any atom is 0.389 e. The average molecular weight is 464 g/mol. The molecular formula is C22H27F3N6O2. The van der Waals surface area contributed by atoms with Crippen LogP contribution in [0.25, 0.3) is 11.0 Å². The molecule has 1 aromatic carbocycles. The largest absolute Gasteiger partial charge is 0.389 e. The number of H-pyrrole nitrogens is 1. The molecule has 2 heterocycles. The predicted molar refractivity (Wildman–Crippen MR) is 116 cm³/mol. The third-order valence-electron chi connectivity index (χ3n) is 5.11. The fraction of sp³-hybridized carbons (Fsp3) is 0.455. The highest BCUT2D eigenvalue weighted by molar-refractivity contribution is 5.92. The van der Waals surface area contributed by atoms with Gasteiger partial charge in [-0.15, -0.1) is 0 Å². The van der Waals surface area contributed by atoms with Crippen LogP contribution in [0.2, 0.25) is 0 Å². The van der Waals surface area contributed by atoms with Crippen LogP contribution in [0.15, 0.2) is 30.5 Å². The van der Waals surface area contributed by atoms with Crippen LogP contribution in [-0.4, -0.2) is 37.7 Å². The number of hydrogen-bond donors (Lipinski definition) is 3. The first-order chi connectivity index (χ1) is 15.5. The van der Waals surface area contributed by atoms with Crippen molar-refractivity contribution in [2.24, 2.45) is 13.0 Å². The summed E-state index contributed by atoms with van der Waals surface area (Å²) >= 11 is 0. The fourth-order valence-electron chi connectivity index (χ4n) is 3.50. The molecule has 0 radical (unpaired) electrons. The molecule has 2 amide bonds. The molecule has 0 saturated carbocycles. The van der Waals surface area contributed by atoms with E-state index in [4.69, 9.17) is 0 Å². The maximum absolute atomic E-state index is 12.5. The van der Waals surface area contributed by atoms with Gasteiger partial charge in [-0.05, 0) is 36.1 Å². The monoisotopic (exact) mass is 464 g/mol. The van der Waals surface area contributed by atoms with Gasteiger partial charge in [0.2, 0.25) is 5.91 Å². The van der Waals surface area contributed by atoms with Crippen LogP contribution < -0.4 is 10.6 Å². The van der Waals surface area contributed by atoms with Crippen LogP contribution >= 0.6 is 0 Å². The summed E-state index contributed by atoms with van der Waals surface area (Å²) < 4.78 is 38.8. The lowest BCUT2D eigenvalue weighted by Crippen LogP contribution is -2.30. The SMILES string of the molecule is CC(C)CC(NC(=O)CCC(F)(F)F)c1ccc2nc(CNC(=O)c3ccnn3C)[nH]c2c1. The van der Waals surface area contributed by atoms with Crippen LogP contribution in [0.3, 0.4) is 0 Å². The highest BCUT2D eigenvalue weighted by atomic mass is 19.4. The Labute approximate surface area is 189 Å². The second-order valence-corrected chi connectivity index (χ2v) is 8.35. The van der Waals surface area contributed by atoms with Gasteiger partial charge in [-0.1, -0.05) is 19.9 Å². The minimum absolute atomic E-state index is 0.178. The first-order valence-corrected chi connectivity index (χ1v) is 10.6. The van der Waals surface area contributed by atoms with Gasteiger partial charge in [0.25, 0.3) is 5.91 Å². The lowest BCUT2D eigenvalue weighted by atomic mass is 9.96. The lowest BCUT2D eigenvalue weighted by molar-refractivity contribution is -0.144. The van der Waals surface area contributed by atoms with Gasteiger partial charge in [-0.2, -0.15) is 18.3 Å². The van der Waals surface area contributed by atoms with Crippen LogP contribution in [0.5, 0.6) is 0 Å². The number of aryl methyl sites for hydroxylation is 1. The average Bonchev–Trinajstić information content (AvgIpc) is 3.34. The summed E-state index contributed by atoms with van der Waals surface area (Å²) in [7, 11) is 1.67. The second kappa shape index (κ2) is 10.1. The van der Waals surface area contributed by atoms with Gasteiger partial charge in [0.15, 0.2) is 0 Å². The standard InChI is InChI=1S/C22H27F3N6O2/c1-13(2)10-16(30-20(32)6-8-22(23,24)25)14-4-5-15-17(11-14)29-19(28-15)12-26-21(33)18-7-9-27-31(18)3/h4-5,7,9,11,13,16H,6,8,10,12H2,1-3H3,(H,26,33)(H,28,29)(H,30,32). The van der Waals surface area contributed by atoms with Crippen LogP contribution in [0.1, 0.15) is 61.0 Å². The Kier molecular flexibility index (Phi) is 7.39. The zero-order chi connectivity index (χ0) is 24.2. The molecule has 1 unspecified atom stereocenters. The molecule has 0 aliphatic carbocycles. The van der Waals surface area contributed by atoms with Gasteiger partial charge in [0.05, 0.1) is 30.0 Å². The number of aromatic nitrogens is 4. The molecule has 178 valence electrons. The van der Waals surface area contributed by atoms with E-state index < -0.39 is 31.0 Å². The topological polar surface area (TPSA) is 105 Å². The molecule has 3 aromatic rings. The highest BCUT2D eigenvalue weighted by Gasteiger charge is 2.28. The Bertz CT molecular complexity index is 1120. The smallest absolute Gasteiger partial charge is 0.349 e. The van der Waals surface area contributed by atoms with Crippen molar-refractivity contribution < 1.29 is 22.8 Å². The summed E-state index contributed by atoms with van der Waals surface area (Å²) in [4.78, 5) is 32.0. The summed E-state index contributed by atoms with van der Waals surface area (Å²) in [6.07, 6.45) is -4.02. The van der Waals surface area contributed by atoms with Crippen molar-refractivity contribution in [2.45, 2.75) is 51.9 Å². The van der Waals surface area contributed by atoms with E-state index in [1.165, 1.54) is 10.9 Å². The van der Waals surface area contributed by atoms with Crippen molar-refractivity contribution in [2.75, 3.05) is 0 Å². The zero-order valence-corrected chi connectivity index (χ0v) is 18.7. The van der Waals surface area contributed by atoms with Crippen molar-refractivity contribution in [3.63, 3.8) is 0 Å². The van der Waals surface area contributed by atoms with Crippen molar-refractivity contribution in [3.05, 3.63) is 47.5 Å². The van der Waals surface area contributed by atoms with Crippen LogP contribution in [-0.2, 0) is 18.4 Å². The molecule has 0 aliphatic heterocycles. The number of hydrogen-bond acceptors (Lipinski definition) is 4. The molecule has 3 N–H and O–H groups in total. The number of carbonyl (C=O) groups is 2. The molecule has 0 aliphatic rings. The summed E-state index contributed by atoms with van der Waals surface area (Å²) in [6.45, 7) is 4.14. The van der Waals surface area contributed by atoms with E-state index >= 15 is 0 Å². The number of fused-ring (bicyclic) bond motifs is 1. The van der Waals surface area contributed by atoms with Crippen molar-refractivity contribution in [1.29, 1.82) is 0 Å². The Balaban J connectivity index is 1.71. The fourth-order valence-corrected chi connectivity index (χ4v) is 3.50. The number of benzene rings is 1. The van der Waals surface area contributed by atoms with Gasteiger partial charge in [0.1, 0.15) is 11.5 Å². The summed E-state index contributed by atoms with van der Waals surface area (Å²) in [5.41, 5.74) is 2.57. The van der Waals surface area contributed by atoms with Gasteiger partial charge in [-0.25, -0.2) is 4.98 Å². The molecule has 11 heteroatoms. The molecule has 33 heavy (non-hydrogen) atoms. The molecule has 8 nitrogen and oxygen atoms in total. The van der Waals surface area contributed by atoms with E-state index in [-0.39, 0.29) is 18.4 Å². The van der Waals surface area contributed by atoms with E-state index in [0.717, 1.165) is 5.56 Å². The number of nitrogens with zero attached hydrogens (tertiary/aromatic N) is 3. The number of imidazole rings is 1. The summed E-state index contributed by atoms with van der Waals surface area (Å²) in [6, 6.07) is 6.59. The number of rotatable bonds is 9. The Morgan fingerprint density at radius 1 is 1.21 bits per heavy atom. The third kappa shape index (κ3) is 6.80. The molecule has 3 rings (SSSR count). The van der Waals surface area contributed by atoms with Crippen LogP contribution in [0.4, 0.5) is 13.2 Å². The van der Waals surface area contributed by atoms with E-state index in [0.29, 0.717) is 29.0 Å². The minimum atomic E-state index is -4.37. The number of alkyl halides is 3. The summed E-state index contributed by atoms with van der Waals surface area (Å²) in [5, 5.41) is 9.47. The van der Waals surface area contributed by atoms with Crippen molar-refractivity contribution in [3.8, 4) is 0 Å². The quantitative estimate of drug-likeness (QED) is 0.448. The summed E-state index contributed by atoms with van der Waals surface area (Å²) in [5.74, 6) is -0.156. The van der Waals surface area contributed by atoms with Gasteiger partial charge in [-0.3, -0.25) is 14.3 Å². The third-order valence-corrected chi connectivity index (χ3v) is 5.11. The Hall–Kier alpha value is -3.37. The van der Waals surface area contributed by atoms with E-state index in [2.05, 4.69) is 25.7 Å². The molecule has 0 fully saturated rings.